The summed E-state index contributed by atoms with van der Waals surface area (Å²) in [7, 11) is 0. The molecule has 8 atom stereocenters. The van der Waals surface area contributed by atoms with Crippen molar-refractivity contribution in [3.63, 3.8) is 0 Å². The highest BCUT2D eigenvalue weighted by molar-refractivity contribution is 5.84. The van der Waals surface area contributed by atoms with Crippen LogP contribution in [0.4, 0.5) is 4.39 Å². The molecule has 1 aromatic carbocycles. The standard InChI is InChI=1S/C28H38FN3O2/c1-3-28(34)13-11-19-17(15-28)4-6-21-20(19)10-12-27(2)22(21)7-8-23(27)26(33)16-32-25-14-18(29)5-9-24(25)30-31-32/h5,9,14,17,19-23,34H,3-4,6-8,10-13,15-16H2,1-2H3/t17-,19+,20-,21-,22+,23-,27+,28-/m1/s1. The minimum Gasteiger partial charge on any atom is -0.390 e. The highest BCUT2D eigenvalue weighted by Crippen LogP contribution is 2.64. The van der Waals surface area contributed by atoms with Gasteiger partial charge in [-0.15, -0.1) is 5.10 Å². The van der Waals surface area contributed by atoms with Gasteiger partial charge < -0.3 is 5.11 Å². The van der Waals surface area contributed by atoms with Crippen LogP contribution in [0, 0.1) is 46.7 Å². The van der Waals surface area contributed by atoms with E-state index in [1.54, 1.807) is 10.7 Å². The first-order chi connectivity index (χ1) is 16.3. The van der Waals surface area contributed by atoms with Crippen LogP contribution < -0.4 is 0 Å². The van der Waals surface area contributed by atoms with Crippen LogP contribution in [0.3, 0.4) is 0 Å². The lowest BCUT2D eigenvalue weighted by atomic mass is 9.48. The maximum Gasteiger partial charge on any atom is 0.157 e. The van der Waals surface area contributed by atoms with E-state index in [9.17, 15) is 14.3 Å². The van der Waals surface area contributed by atoms with Crippen molar-refractivity contribution in [3.8, 4) is 0 Å². The molecule has 1 aromatic heterocycles. The van der Waals surface area contributed by atoms with Crippen LogP contribution >= 0.6 is 0 Å². The Balaban J connectivity index is 1.19. The molecule has 6 rings (SSSR count). The molecule has 0 unspecified atom stereocenters. The fraction of sp³-hybridized carbons (Fsp3) is 0.750. The number of hydrogen-bond acceptors (Lipinski definition) is 4. The molecule has 0 bridgehead atoms. The van der Waals surface area contributed by atoms with Crippen LogP contribution in [0.1, 0.15) is 78.1 Å². The highest BCUT2D eigenvalue weighted by Gasteiger charge is 2.58. The van der Waals surface area contributed by atoms with Gasteiger partial charge in [-0.05, 0) is 111 Å². The van der Waals surface area contributed by atoms with Gasteiger partial charge in [0.1, 0.15) is 17.9 Å². The summed E-state index contributed by atoms with van der Waals surface area (Å²) in [4.78, 5) is 13.6. The predicted molar refractivity (Wildman–Crippen MR) is 128 cm³/mol. The molecule has 34 heavy (non-hydrogen) atoms. The number of carbonyl (C=O) groups excluding carboxylic acids is 1. The van der Waals surface area contributed by atoms with E-state index in [-0.39, 0.29) is 29.5 Å². The summed E-state index contributed by atoms with van der Waals surface area (Å²) < 4.78 is 15.4. The second kappa shape index (κ2) is 8.11. The molecule has 184 valence electrons. The van der Waals surface area contributed by atoms with E-state index in [2.05, 4.69) is 24.2 Å². The second-order valence-electron chi connectivity index (χ2n) is 12.3. The number of Topliss-reactive ketones (excluding diaryl/α,β-unsaturated/α-hetero) is 1. The number of aliphatic hydroxyl groups is 1. The minimum atomic E-state index is -0.434. The molecule has 4 fully saturated rings. The highest BCUT2D eigenvalue weighted by atomic mass is 19.1. The lowest BCUT2D eigenvalue weighted by Crippen LogP contribution is -2.51. The molecular formula is C28H38FN3O2. The van der Waals surface area contributed by atoms with Crippen molar-refractivity contribution in [2.24, 2.45) is 40.9 Å². The van der Waals surface area contributed by atoms with Crippen molar-refractivity contribution in [2.45, 2.75) is 90.2 Å². The summed E-state index contributed by atoms with van der Waals surface area (Å²) in [6.45, 7) is 4.69. The van der Waals surface area contributed by atoms with Gasteiger partial charge in [0.25, 0.3) is 0 Å². The lowest BCUT2D eigenvalue weighted by molar-refractivity contribution is -0.133. The van der Waals surface area contributed by atoms with Gasteiger partial charge in [-0.2, -0.15) is 0 Å². The number of nitrogens with zero attached hydrogens (tertiary/aromatic N) is 3. The van der Waals surface area contributed by atoms with E-state index in [1.807, 2.05) is 0 Å². The van der Waals surface area contributed by atoms with Crippen molar-refractivity contribution in [1.82, 2.24) is 15.0 Å². The Morgan fingerprint density at radius 1 is 1.12 bits per heavy atom. The van der Waals surface area contributed by atoms with Gasteiger partial charge in [-0.1, -0.05) is 19.1 Å². The Morgan fingerprint density at radius 2 is 1.94 bits per heavy atom. The Labute approximate surface area is 201 Å². The molecule has 5 nitrogen and oxygen atoms in total. The molecule has 4 aliphatic rings. The predicted octanol–water partition coefficient (Wildman–Crippen LogP) is 5.55. The SMILES string of the molecule is CC[C@@]1(O)CC[C@H]2[C@H](CC[C@@H]3[C@@H]2CC[C@]2(C)[C@@H](C(=O)Cn4nnc5ccc(F)cc54)CC[C@@H]32)C1. The summed E-state index contributed by atoms with van der Waals surface area (Å²) in [5, 5.41) is 19.2. The number of halogens is 1. The Kier molecular flexibility index (Phi) is 5.40. The smallest absolute Gasteiger partial charge is 0.157 e. The van der Waals surface area contributed by atoms with Crippen molar-refractivity contribution in [3.05, 3.63) is 24.0 Å². The summed E-state index contributed by atoms with van der Waals surface area (Å²) in [5.41, 5.74) is 0.853. The molecule has 0 aliphatic heterocycles. The Bertz CT molecular complexity index is 1100. The minimum absolute atomic E-state index is 0.0560. The zero-order valence-corrected chi connectivity index (χ0v) is 20.5. The molecular weight excluding hydrogens is 429 g/mol. The molecule has 0 spiro atoms. The van der Waals surface area contributed by atoms with Crippen LogP contribution in [-0.2, 0) is 11.3 Å². The van der Waals surface area contributed by atoms with Gasteiger partial charge >= 0.3 is 0 Å². The van der Waals surface area contributed by atoms with E-state index in [1.165, 1.54) is 37.8 Å². The molecule has 0 amide bonds. The summed E-state index contributed by atoms with van der Waals surface area (Å²) in [5.74, 6) is 3.54. The van der Waals surface area contributed by atoms with Crippen molar-refractivity contribution >= 4 is 16.8 Å². The van der Waals surface area contributed by atoms with Crippen LogP contribution in [-0.4, -0.2) is 31.5 Å². The van der Waals surface area contributed by atoms with Gasteiger partial charge in [0.2, 0.25) is 0 Å². The van der Waals surface area contributed by atoms with E-state index in [0.29, 0.717) is 22.9 Å². The van der Waals surface area contributed by atoms with Gasteiger partial charge in [-0.3, -0.25) is 4.79 Å². The van der Waals surface area contributed by atoms with Crippen molar-refractivity contribution in [2.75, 3.05) is 0 Å². The quantitative estimate of drug-likeness (QED) is 0.640. The number of benzene rings is 1. The van der Waals surface area contributed by atoms with Gasteiger partial charge in [0, 0.05) is 12.0 Å². The summed E-state index contributed by atoms with van der Waals surface area (Å²) in [6.07, 6.45) is 11.0. The fourth-order valence-corrected chi connectivity index (χ4v) is 9.13. The number of hydrogen-bond donors (Lipinski definition) is 1. The molecule has 2 aromatic rings. The van der Waals surface area contributed by atoms with Gasteiger partial charge in [0.15, 0.2) is 5.78 Å². The number of carbonyl (C=O) groups is 1. The molecule has 0 radical (unpaired) electrons. The third-order valence-electron chi connectivity index (χ3n) is 10.9. The average molecular weight is 468 g/mol. The normalized spacial score (nSPS) is 41.6. The number of rotatable bonds is 4. The fourth-order valence-electron chi connectivity index (χ4n) is 9.13. The maximum absolute atomic E-state index is 13.8. The van der Waals surface area contributed by atoms with Crippen LogP contribution in [0.2, 0.25) is 0 Å². The third kappa shape index (κ3) is 3.46. The first kappa shape index (κ1) is 22.6. The zero-order valence-electron chi connectivity index (χ0n) is 20.5. The van der Waals surface area contributed by atoms with E-state index >= 15 is 0 Å². The monoisotopic (exact) mass is 467 g/mol. The summed E-state index contributed by atoms with van der Waals surface area (Å²) in [6, 6.07) is 4.43. The summed E-state index contributed by atoms with van der Waals surface area (Å²) >= 11 is 0. The maximum atomic E-state index is 13.8. The van der Waals surface area contributed by atoms with Crippen LogP contribution in [0.5, 0.6) is 0 Å². The van der Waals surface area contributed by atoms with E-state index in [0.717, 1.165) is 56.3 Å². The van der Waals surface area contributed by atoms with Crippen LogP contribution in [0.25, 0.3) is 11.0 Å². The molecule has 0 saturated heterocycles. The van der Waals surface area contributed by atoms with Crippen molar-refractivity contribution in [1.29, 1.82) is 0 Å². The van der Waals surface area contributed by atoms with Gasteiger partial charge in [-0.25, -0.2) is 9.07 Å². The third-order valence-corrected chi connectivity index (χ3v) is 10.9. The second-order valence-corrected chi connectivity index (χ2v) is 12.3. The molecule has 4 aliphatic carbocycles. The Morgan fingerprint density at radius 3 is 2.76 bits per heavy atom. The number of ketones is 1. The topological polar surface area (TPSA) is 68.0 Å². The first-order valence-corrected chi connectivity index (χ1v) is 13.6. The molecule has 4 saturated carbocycles. The average Bonchev–Trinajstić information content (AvgIpc) is 3.39. The first-order valence-electron chi connectivity index (χ1n) is 13.6. The van der Waals surface area contributed by atoms with E-state index < -0.39 is 5.60 Å². The van der Waals surface area contributed by atoms with Gasteiger partial charge in [0.05, 0.1) is 11.1 Å². The molecule has 1 heterocycles. The Hall–Kier alpha value is -1.82. The zero-order chi connectivity index (χ0) is 23.7. The van der Waals surface area contributed by atoms with Crippen molar-refractivity contribution < 1.29 is 14.3 Å². The van der Waals surface area contributed by atoms with E-state index in [4.69, 9.17) is 0 Å². The van der Waals surface area contributed by atoms with Crippen LogP contribution in [0.15, 0.2) is 18.2 Å². The molecule has 1 N–H and O–H groups in total. The molecule has 6 heteroatoms. The largest absolute Gasteiger partial charge is 0.390 e. The number of fused-ring (bicyclic) bond motifs is 6. The lowest BCUT2D eigenvalue weighted by Gasteiger charge is -2.57. The number of aromatic nitrogens is 3.